The maximum absolute atomic E-state index is 13.4. The van der Waals surface area contributed by atoms with E-state index in [1.807, 2.05) is 31.2 Å². The fourth-order valence-corrected chi connectivity index (χ4v) is 4.31. The van der Waals surface area contributed by atoms with Crippen LogP contribution in [0.3, 0.4) is 0 Å². The number of aryl methyl sites for hydroxylation is 1. The highest BCUT2D eigenvalue weighted by molar-refractivity contribution is 5.96. The number of alkyl halides is 2. The number of pyridine rings is 1. The minimum absolute atomic E-state index is 0.0175. The lowest BCUT2D eigenvalue weighted by Gasteiger charge is -2.16. The summed E-state index contributed by atoms with van der Waals surface area (Å²) in [7, 11) is 0. The molecule has 7 heteroatoms. The molecule has 33 heavy (non-hydrogen) atoms. The molecule has 2 aromatic carbocycles. The van der Waals surface area contributed by atoms with Crippen LogP contribution in [0, 0.1) is 6.92 Å². The third kappa shape index (κ3) is 3.88. The quantitative estimate of drug-likeness (QED) is 0.470. The number of benzene rings is 2. The number of carbonyl (C=O) groups excluding carboxylic acids is 2. The van der Waals surface area contributed by atoms with Gasteiger partial charge in [0.1, 0.15) is 5.78 Å². The molecule has 0 amide bonds. The summed E-state index contributed by atoms with van der Waals surface area (Å²) in [5.41, 5.74) is 3.88. The number of ketones is 2. The molecule has 1 fully saturated rings. The molecule has 2 aliphatic rings. The van der Waals surface area contributed by atoms with Gasteiger partial charge in [0, 0.05) is 23.9 Å². The molecular formula is C26H21F2NO4. The summed E-state index contributed by atoms with van der Waals surface area (Å²) in [5.74, 6) is -0.133. The Kier molecular flexibility index (Phi) is 4.81. The number of rotatable bonds is 6. The van der Waals surface area contributed by atoms with Gasteiger partial charge in [0.15, 0.2) is 17.3 Å². The van der Waals surface area contributed by atoms with Crippen molar-refractivity contribution in [2.24, 2.45) is 0 Å². The van der Waals surface area contributed by atoms with Crippen LogP contribution >= 0.6 is 0 Å². The van der Waals surface area contributed by atoms with E-state index in [1.165, 1.54) is 19.1 Å². The Hall–Kier alpha value is -3.61. The monoisotopic (exact) mass is 449 g/mol. The van der Waals surface area contributed by atoms with Crippen molar-refractivity contribution in [3.63, 3.8) is 0 Å². The summed E-state index contributed by atoms with van der Waals surface area (Å²) in [6.07, 6.45) is -0.572. The molecule has 0 bridgehead atoms. The molecular weight excluding hydrogens is 428 g/mol. The van der Waals surface area contributed by atoms with Crippen LogP contribution in [0.4, 0.5) is 8.78 Å². The lowest BCUT2D eigenvalue weighted by molar-refractivity contribution is -0.286. The number of fused-ring (bicyclic) bond motifs is 1. The van der Waals surface area contributed by atoms with Gasteiger partial charge in [-0.1, -0.05) is 24.3 Å². The van der Waals surface area contributed by atoms with Crippen molar-refractivity contribution in [2.75, 3.05) is 0 Å². The first-order valence-corrected chi connectivity index (χ1v) is 10.7. The summed E-state index contributed by atoms with van der Waals surface area (Å²) in [5, 5.41) is 0. The van der Waals surface area contributed by atoms with Crippen LogP contribution in [0.25, 0.3) is 11.1 Å². The van der Waals surface area contributed by atoms with Gasteiger partial charge in [-0.15, -0.1) is 8.78 Å². The van der Waals surface area contributed by atoms with Crippen LogP contribution in [0.2, 0.25) is 0 Å². The van der Waals surface area contributed by atoms with Crippen molar-refractivity contribution in [2.45, 2.75) is 44.8 Å². The lowest BCUT2D eigenvalue weighted by Crippen LogP contribution is -2.26. The Morgan fingerprint density at radius 2 is 1.79 bits per heavy atom. The molecule has 0 N–H and O–H groups in total. The van der Waals surface area contributed by atoms with E-state index < -0.39 is 11.7 Å². The molecule has 5 rings (SSSR count). The molecule has 1 aliphatic heterocycles. The Labute approximate surface area is 189 Å². The van der Waals surface area contributed by atoms with E-state index in [0.29, 0.717) is 29.7 Å². The van der Waals surface area contributed by atoms with Gasteiger partial charge in [-0.3, -0.25) is 14.6 Å². The number of hydrogen-bond acceptors (Lipinski definition) is 5. The van der Waals surface area contributed by atoms with Crippen LogP contribution in [0.5, 0.6) is 11.5 Å². The molecule has 2 heterocycles. The Morgan fingerprint density at radius 3 is 2.52 bits per heavy atom. The van der Waals surface area contributed by atoms with Crippen molar-refractivity contribution in [1.82, 2.24) is 4.98 Å². The fourth-order valence-electron chi connectivity index (χ4n) is 4.31. The topological polar surface area (TPSA) is 65.5 Å². The summed E-state index contributed by atoms with van der Waals surface area (Å²) in [4.78, 5) is 29.5. The van der Waals surface area contributed by atoms with Gasteiger partial charge in [-0.05, 0) is 73.2 Å². The maximum atomic E-state index is 13.4. The average Bonchev–Trinajstić information content (AvgIpc) is 3.52. The number of halogens is 2. The second-order valence-corrected chi connectivity index (χ2v) is 8.64. The Morgan fingerprint density at radius 1 is 1.03 bits per heavy atom. The number of ether oxygens (including phenoxy) is 2. The zero-order valence-corrected chi connectivity index (χ0v) is 18.2. The molecule has 0 unspecified atom stereocenters. The largest absolute Gasteiger partial charge is 0.586 e. The summed E-state index contributed by atoms with van der Waals surface area (Å²) in [6, 6.07) is 13.8. The number of nitrogens with zero attached hydrogens (tertiary/aromatic N) is 1. The van der Waals surface area contributed by atoms with Gasteiger partial charge in [0.25, 0.3) is 0 Å². The number of carbonyl (C=O) groups is 2. The van der Waals surface area contributed by atoms with Crippen LogP contribution in [0.15, 0.2) is 54.7 Å². The highest BCUT2D eigenvalue weighted by Crippen LogP contribution is 2.52. The van der Waals surface area contributed by atoms with Crippen molar-refractivity contribution >= 4 is 11.6 Å². The first kappa shape index (κ1) is 21.2. The molecule has 1 aliphatic carbocycles. The van der Waals surface area contributed by atoms with E-state index in [-0.39, 0.29) is 29.5 Å². The predicted molar refractivity (Wildman–Crippen MR) is 117 cm³/mol. The van der Waals surface area contributed by atoms with Crippen molar-refractivity contribution in [1.29, 1.82) is 0 Å². The molecule has 0 atom stereocenters. The Bertz CT molecular complexity index is 1300. The minimum Gasteiger partial charge on any atom is -0.395 e. The summed E-state index contributed by atoms with van der Waals surface area (Å²) < 4.78 is 35.7. The lowest BCUT2D eigenvalue weighted by atomic mass is 9.88. The van der Waals surface area contributed by atoms with E-state index in [0.717, 1.165) is 16.7 Å². The van der Waals surface area contributed by atoms with Crippen LogP contribution in [-0.2, 0) is 16.6 Å². The van der Waals surface area contributed by atoms with Gasteiger partial charge < -0.3 is 9.47 Å². The van der Waals surface area contributed by atoms with Crippen molar-refractivity contribution in [3.05, 3.63) is 77.1 Å². The zero-order valence-electron chi connectivity index (χ0n) is 18.2. The normalized spacial score (nSPS) is 17.0. The number of hydrogen-bond donors (Lipinski definition) is 0. The molecule has 1 saturated carbocycles. The van der Waals surface area contributed by atoms with Crippen LogP contribution in [-0.4, -0.2) is 22.8 Å². The second kappa shape index (κ2) is 7.47. The number of aromatic nitrogens is 1. The van der Waals surface area contributed by atoms with E-state index in [9.17, 15) is 18.4 Å². The van der Waals surface area contributed by atoms with Crippen molar-refractivity contribution < 1.29 is 27.8 Å². The van der Waals surface area contributed by atoms with E-state index in [4.69, 9.17) is 0 Å². The van der Waals surface area contributed by atoms with Crippen LogP contribution < -0.4 is 9.47 Å². The first-order chi connectivity index (χ1) is 15.7. The fraction of sp³-hybridized carbons (Fsp3) is 0.269. The maximum Gasteiger partial charge on any atom is 0.586 e. The highest BCUT2D eigenvalue weighted by atomic mass is 19.3. The third-order valence-corrected chi connectivity index (χ3v) is 6.32. The average molecular weight is 449 g/mol. The van der Waals surface area contributed by atoms with E-state index >= 15 is 0 Å². The van der Waals surface area contributed by atoms with Gasteiger partial charge in [0.2, 0.25) is 0 Å². The Balaban J connectivity index is 1.40. The second-order valence-electron chi connectivity index (χ2n) is 8.64. The first-order valence-electron chi connectivity index (χ1n) is 10.7. The smallest absolute Gasteiger partial charge is 0.395 e. The molecule has 0 radical (unpaired) electrons. The summed E-state index contributed by atoms with van der Waals surface area (Å²) in [6.45, 7) is 3.45. The highest BCUT2D eigenvalue weighted by Gasteiger charge is 2.52. The number of Topliss-reactive ketones (excluding diaryl/α,β-unsaturated/α-hetero) is 2. The van der Waals surface area contributed by atoms with Crippen LogP contribution in [0.1, 0.15) is 46.9 Å². The van der Waals surface area contributed by atoms with Gasteiger partial charge in [0.05, 0.1) is 5.41 Å². The standard InChI is InChI=1S/C26H21F2NO4/c1-15-14-29-20(12-21(15)18-5-3-4-17(10-18)16(2)30)13-24(31)25(8-9-25)19-6-7-22-23(11-19)33-26(27,28)32-22/h3-7,10-12,14H,8-9,13H2,1-2H3. The molecule has 168 valence electrons. The molecule has 5 nitrogen and oxygen atoms in total. The minimum atomic E-state index is -3.69. The zero-order chi connectivity index (χ0) is 23.4. The van der Waals surface area contributed by atoms with Crippen molar-refractivity contribution in [3.8, 4) is 22.6 Å². The predicted octanol–water partition coefficient (Wildman–Crippen LogP) is 5.42. The van der Waals surface area contributed by atoms with Gasteiger partial charge in [-0.25, -0.2) is 0 Å². The molecule has 0 saturated heterocycles. The molecule has 0 spiro atoms. The summed E-state index contributed by atoms with van der Waals surface area (Å²) >= 11 is 0. The van der Waals surface area contributed by atoms with E-state index in [1.54, 1.807) is 18.3 Å². The van der Waals surface area contributed by atoms with E-state index in [2.05, 4.69) is 14.5 Å². The van der Waals surface area contributed by atoms with Gasteiger partial charge >= 0.3 is 6.29 Å². The molecule has 1 aromatic heterocycles. The van der Waals surface area contributed by atoms with Gasteiger partial charge in [-0.2, -0.15) is 0 Å². The molecule has 3 aromatic rings. The third-order valence-electron chi connectivity index (χ3n) is 6.32. The SMILES string of the molecule is CC(=O)c1cccc(-c2cc(CC(=O)C3(c4ccc5c(c4)OC(F)(F)O5)CC3)ncc2C)c1.